The predicted molar refractivity (Wildman–Crippen MR) is 65.4 cm³/mol. The molecule has 1 aliphatic rings. The van der Waals surface area contributed by atoms with Crippen LogP contribution in [0.1, 0.15) is 46.5 Å². The summed E-state index contributed by atoms with van der Waals surface area (Å²) in [6.07, 6.45) is 4.03. The number of aliphatic carboxylic acids is 1. The largest absolute Gasteiger partial charge is 0.481 e. The average Bonchev–Trinajstić information content (AvgIpc) is 2.16. The number of carboxylic acid groups (broad SMARTS) is 1. The highest BCUT2D eigenvalue weighted by Crippen LogP contribution is 2.33. The van der Waals surface area contributed by atoms with Gasteiger partial charge in [0.1, 0.15) is 0 Å². The SMILES string of the molecule is CC1CCC(C(C)C)C(NCCC(=O)O)C1. The topological polar surface area (TPSA) is 49.3 Å². The Bertz CT molecular complexity index is 228. The summed E-state index contributed by atoms with van der Waals surface area (Å²) in [6.45, 7) is 7.44. The van der Waals surface area contributed by atoms with Crippen LogP contribution in [0.5, 0.6) is 0 Å². The molecule has 1 aliphatic carbocycles. The lowest BCUT2D eigenvalue weighted by molar-refractivity contribution is -0.136. The number of carboxylic acids is 1. The van der Waals surface area contributed by atoms with Crippen LogP contribution in [0.25, 0.3) is 0 Å². The Morgan fingerprint density at radius 1 is 1.44 bits per heavy atom. The van der Waals surface area contributed by atoms with Gasteiger partial charge in [-0.2, -0.15) is 0 Å². The summed E-state index contributed by atoms with van der Waals surface area (Å²) in [5.74, 6) is 1.47. The lowest BCUT2D eigenvalue weighted by Crippen LogP contribution is -2.43. The Morgan fingerprint density at radius 2 is 2.12 bits per heavy atom. The Balaban J connectivity index is 2.41. The van der Waals surface area contributed by atoms with Crippen molar-refractivity contribution in [3.05, 3.63) is 0 Å². The van der Waals surface area contributed by atoms with Gasteiger partial charge in [-0.05, 0) is 30.6 Å². The molecule has 0 aromatic heterocycles. The molecule has 0 aliphatic heterocycles. The first kappa shape index (κ1) is 13.5. The van der Waals surface area contributed by atoms with E-state index in [1.807, 2.05) is 0 Å². The maximum Gasteiger partial charge on any atom is 0.304 e. The summed E-state index contributed by atoms with van der Waals surface area (Å²) in [4.78, 5) is 10.5. The molecule has 16 heavy (non-hydrogen) atoms. The van der Waals surface area contributed by atoms with Crippen molar-refractivity contribution >= 4 is 5.97 Å². The van der Waals surface area contributed by atoms with Crippen molar-refractivity contribution in [3.8, 4) is 0 Å². The summed E-state index contributed by atoms with van der Waals surface area (Å²) in [5, 5.41) is 12.1. The van der Waals surface area contributed by atoms with Crippen molar-refractivity contribution in [3.63, 3.8) is 0 Å². The zero-order valence-electron chi connectivity index (χ0n) is 10.7. The summed E-state index contributed by atoms with van der Waals surface area (Å²) in [5.41, 5.74) is 0. The van der Waals surface area contributed by atoms with Crippen LogP contribution in [0.4, 0.5) is 0 Å². The van der Waals surface area contributed by atoms with Gasteiger partial charge in [-0.15, -0.1) is 0 Å². The highest BCUT2D eigenvalue weighted by molar-refractivity contribution is 5.66. The molecule has 94 valence electrons. The molecule has 0 aromatic rings. The van der Waals surface area contributed by atoms with Gasteiger partial charge in [-0.1, -0.05) is 27.2 Å². The van der Waals surface area contributed by atoms with Crippen LogP contribution in [0.3, 0.4) is 0 Å². The third kappa shape index (κ3) is 4.12. The molecule has 3 unspecified atom stereocenters. The van der Waals surface area contributed by atoms with Gasteiger partial charge < -0.3 is 10.4 Å². The summed E-state index contributed by atoms with van der Waals surface area (Å²) in [7, 11) is 0. The summed E-state index contributed by atoms with van der Waals surface area (Å²) < 4.78 is 0. The average molecular weight is 227 g/mol. The molecule has 1 fully saturated rings. The number of hydrogen-bond acceptors (Lipinski definition) is 2. The minimum Gasteiger partial charge on any atom is -0.481 e. The number of hydrogen-bond donors (Lipinski definition) is 2. The molecule has 0 radical (unpaired) electrons. The van der Waals surface area contributed by atoms with E-state index in [1.165, 1.54) is 19.3 Å². The van der Waals surface area contributed by atoms with Gasteiger partial charge in [0.2, 0.25) is 0 Å². The second kappa shape index (κ2) is 6.24. The lowest BCUT2D eigenvalue weighted by atomic mass is 9.74. The minimum atomic E-state index is -0.711. The van der Waals surface area contributed by atoms with Gasteiger partial charge in [0, 0.05) is 12.6 Å². The molecule has 3 nitrogen and oxygen atoms in total. The van der Waals surface area contributed by atoms with Crippen molar-refractivity contribution in [1.29, 1.82) is 0 Å². The number of nitrogens with one attached hydrogen (secondary N) is 1. The fourth-order valence-corrected chi connectivity index (χ4v) is 2.80. The van der Waals surface area contributed by atoms with Gasteiger partial charge in [0.05, 0.1) is 6.42 Å². The zero-order valence-corrected chi connectivity index (χ0v) is 10.7. The molecule has 3 atom stereocenters. The molecular weight excluding hydrogens is 202 g/mol. The van der Waals surface area contributed by atoms with E-state index in [-0.39, 0.29) is 6.42 Å². The Morgan fingerprint density at radius 3 is 2.69 bits per heavy atom. The molecule has 1 rings (SSSR count). The summed E-state index contributed by atoms with van der Waals surface area (Å²) in [6, 6.07) is 0.517. The molecule has 0 spiro atoms. The second-order valence-corrected chi connectivity index (χ2v) is 5.53. The molecule has 0 saturated heterocycles. The zero-order chi connectivity index (χ0) is 12.1. The van der Waals surface area contributed by atoms with E-state index >= 15 is 0 Å². The van der Waals surface area contributed by atoms with Gasteiger partial charge in [0.15, 0.2) is 0 Å². The molecular formula is C13H25NO2. The van der Waals surface area contributed by atoms with Crippen molar-refractivity contribution in [2.45, 2.75) is 52.5 Å². The van der Waals surface area contributed by atoms with Crippen LogP contribution in [-0.2, 0) is 4.79 Å². The Labute approximate surface area is 98.6 Å². The first-order chi connectivity index (χ1) is 7.50. The fourth-order valence-electron chi connectivity index (χ4n) is 2.80. The third-order valence-electron chi connectivity index (χ3n) is 3.77. The number of carbonyl (C=O) groups is 1. The van der Waals surface area contributed by atoms with Crippen LogP contribution in [0.15, 0.2) is 0 Å². The smallest absolute Gasteiger partial charge is 0.304 e. The molecule has 0 heterocycles. The Hall–Kier alpha value is -0.570. The Kier molecular flexibility index (Phi) is 5.26. The van der Waals surface area contributed by atoms with E-state index in [0.29, 0.717) is 24.4 Å². The molecule has 0 amide bonds. The summed E-state index contributed by atoms with van der Waals surface area (Å²) >= 11 is 0. The van der Waals surface area contributed by atoms with Crippen LogP contribution in [-0.4, -0.2) is 23.7 Å². The van der Waals surface area contributed by atoms with Crippen LogP contribution >= 0.6 is 0 Å². The maximum atomic E-state index is 10.5. The highest BCUT2D eigenvalue weighted by atomic mass is 16.4. The van der Waals surface area contributed by atoms with Gasteiger partial charge in [-0.25, -0.2) is 0 Å². The first-order valence-electron chi connectivity index (χ1n) is 6.46. The van der Waals surface area contributed by atoms with Crippen molar-refractivity contribution in [1.82, 2.24) is 5.32 Å². The maximum absolute atomic E-state index is 10.5. The van der Waals surface area contributed by atoms with E-state index in [0.717, 1.165) is 5.92 Å². The highest BCUT2D eigenvalue weighted by Gasteiger charge is 2.30. The van der Waals surface area contributed by atoms with E-state index in [2.05, 4.69) is 26.1 Å². The van der Waals surface area contributed by atoms with Gasteiger partial charge >= 0.3 is 5.97 Å². The van der Waals surface area contributed by atoms with Crippen LogP contribution < -0.4 is 5.32 Å². The second-order valence-electron chi connectivity index (χ2n) is 5.53. The third-order valence-corrected chi connectivity index (χ3v) is 3.77. The first-order valence-corrected chi connectivity index (χ1v) is 6.46. The fraction of sp³-hybridized carbons (Fsp3) is 0.923. The standard InChI is InChI=1S/C13H25NO2/c1-9(2)11-5-4-10(3)8-12(11)14-7-6-13(15)16/h9-12,14H,4-8H2,1-3H3,(H,15,16). The van der Waals surface area contributed by atoms with Gasteiger partial charge in [0.25, 0.3) is 0 Å². The van der Waals surface area contributed by atoms with E-state index in [9.17, 15) is 4.79 Å². The molecule has 0 aromatic carbocycles. The van der Waals surface area contributed by atoms with Crippen LogP contribution in [0, 0.1) is 17.8 Å². The quantitative estimate of drug-likeness (QED) is 0.758. The lowest BCUT2D eigenvalue weighted by Gasteiger charge is -2.38. The minimum absolute atomic E-state index is 0.232. The van der Waals surface area contributed by atoms with Crippen molar-refractivity contribution < 1.29 is 9.90 Å². The molecule has 2 N–H and O–H groups in total. The molecule has 1 saturated carbocycles. The molecule has 0 bridgehead atoms. The van der Waals surface area contributed by atoms with Gasteiger partial charge in [-0.3, -0.25) is 4.79 Å². The van der Waals surface area contributed by atoms with Crippen molar-refractivity contribution in [2.75, 3.05) is 6.54 Å². The number of rotatable bonds is 5. The normalized spacial score (nSPS) is 30.6. The van der Waals surface area contributed by atoms with Crippen LogP contribution in [0.2, 0.25) is 0 Å². The molecule has 3 heteroatoms. The monoisotopic (exact) mass is 227 g/mol. The van der Waals surface area contributed by atoms with E-state index in [1.54, 1.807) is 0 Å². The van der Waals surface area contributed by atoms with Crippen molar-refractivity contribution in [2.24, 2.45) is 17.8 Å². The predicted octanol–water partition coefficient (Wildman–Crippen LogP) is 2.51. The van der Waals surface area contributed by atoms with E-state index < -0.39 is 5.97 Å². The van der Waals surface area contributed by atoms with E-state index in [4.69, 9.17) is 5.11 Å².